The summed E-state index contributed by atoms with van der Waals surface area (Å²) >= 11 is 1.45. The van der Waals surface area contributed by atoms with Gasteiger partial charge in [-0.25, -0.2) is 0 Å². The lowest BCUT2D eigenvalue weighted by Gasteiger charge is -2.61. The zero-order valence-electron chi connectivity index (χ0n) is 23.2. The Hall–Kier alpha value is -3.37. The molecule has 5 heterocycles. The summed E-state index contributed by atoms with van der Waals surface area (Å²) in [5.41, 5.74) is 10.7. The molecule has 0 aliphatic carbocycles. The molecule has 4 unspecified atom stereocenters. The van der Waals surface area contributed by atoms with Gasteiger partial charge in [0.2, 0.25) is 6.79 Å². The van der Waals surface area contributed by atoms with E-state index in [0.717, 1.165) is 16.7 Å². The zero-order valence-corrected chi connectivity index (χ0v) is 24.0. The fourth-order valence-electron chi connectivity index (χ4n) is 7.72. The standard InChI is InChI=1S/C29H32N4O7S/c1-11-5-13-6-15-16(7-30)33-17-8-38-29(36)14(31)9-41-28(20-19(17)27-26(39-10-40-27)12(2)23(20)34)22(33)21(32(15)3)18(13)24(35)25(11)37-4/h5,14-17,21-22,28,34-35H,6,8-10,31H2,1-4H3/t14?,15?,16-,17-,21?,22?,28+/m0/s1. The molecule has 7 atom stereocenters. The number of benzene rings is 2. The van der Waals surface area contributed by atoms with Gasteiger partial charge >= 0.3 is 5.97 Å². The number of fused-ring (bicyclic) bond motifs is 9. The molecule has 2 saturated heterocycles. The Morgan fingerprint density at radius 2 is 1.90 bits per heavy atom. The van der Waals surface area contributed by atoms with Gasteiger partial charge in [0.1, 0.15) is 24.4 Å². The van der Waals surface area contributed by atoms with Crippen molar-refractivity contribution in [3.05, 3.63) is 39.4 Å². The van der Waals surface area contributed by atoms with Crippen molar-refractivity contribution in [1.29, 1.82) is 5.26 Å². The maximum atomic E-state index is 12.8. The van der Waals surface area contributed by atoms with E-state index in [-0.39, 0.29) is 42.7 Å². The monoisotopic (exact) mass is 580 g/mol. The summed E-state index contributed by atoms with van der Waals surface area (Å²) in [6.07, 6.45) is 0.543. The SMILES string of the molecule is COc1c(C)cc2c(c1O)C1C3[C@@H]4SCC(N)C(=O)OC[C@@H](c5c6c(c(C)c(O)c54)OCO6)N3[C@@H](C#N)C(C2)N1C. The van der Waals surface area contributed by atoms with Crippen LogP contribution in [0.3, 0.4) is 0 Å². The fourth-order valence-corrected chi connectivity index (χ4v) is 9.16. The van der Waals surface area contributed by atoms with Gasteiger partial charge in [-0.3, -0.25) is 14.6 Å². The van der Waals surface area contributed by atoms with Crippen LogP contribution >= 0.6 is 11.8 Å². The van der Waals surface area contributed by atoms with Gasteiger partial charge in [0.15, 0.2) is 23.0 Å². The largest absolute Gasteiger partial charge is 0.507 e. The van der Waals surface area contributed by atoms with Crippen molar-refractivity contribution < 1.29 is 34.0 Å². The summed E-state index contributed by atoms with van der Waals surface area (Å²) in [5.74, 6) is 1.27. The Morgan fingerprint density at radius 1 is 1.15 bits per heavy atom. The first kappa shape index (κ1) is 26.5. The Kier molecular flexibility index (Phi) is 6.03. The number of ether oxygens (including phenoxy) is 4. The predicted molar refractivity (Wildman–Crippen MR) is 148 cm³/mol. The number of phenols is 2. The molecule has 4 N–H and O–H groups in total. The molecule has 2 aromatic rings. The van der Waals surface area contributed by atoms with Crippen LogP contribution in [-0.2, 0) is 16.0 Å². The van der Waals surface area contributed by atoms with Crippen LogP contribution in [-0.4, -0.2) is 83.5 Å². The smallest absolute Gasteiger partial charge is 0.323 e. The highest BCUT2D eigenvalue weighted by Gasteiger charge is 2.60. The molecule has 0 saturated carbocycles. The molecular formula is C29H32N4O7S. The number of carbonyl (C=O) groups excluding carboxylic acids is 1. The van der Waals surface area contributed by atoms with E-state index < -0.39 is 35.4 Å². The average molecular weight is 581 g/mol. The van der Waals surface area contributed by atoms with E-state index in [0.29, 0.717) is 40.4 Å². The normalized spacial score (nSPS) is 31.9. The number of aromatic hydroxyl groups is 2. The van der Waals surface area contributed by atoms with Crippen molar-refractivity contribution in [3.63, 3.8) is 0 Å². The number of aryl methyl sites for hydroxylation is 1. The summed E-state index contributed by atoms with van der Waals surface area (Å²) < 4.78 is 23.2. The number of hydrogen-bond acceptors (Lipinski definition) is 12. The molecule has 5 aliphatic heterocycles. The van der Waals surface area contributed by atoms with Crippen LogP contribution in [0.2, 0.25) is 0 Å². The van der Waals surface area contributed by atoms with Gasteiger partial charge in [-0.1, -0.05) is 6.07 Å². The third-order valence-electron chi connectivity index (χ3n) is 9.47. The number of piperazine rings is 1. The molecule has 2 fully saturated rings. The molecule has 216 valence electrons. The van der Waals surface area contributed by atoms with Crippen molar-refractivity contribution >= 4 is 17.7 Å². The summed E-state index contributed by atoms with van der Waals surface area (Å²) in [6.45, 7) is 3.61. The molecule has 4 bridgehead atoms. The van der Waals surface area contributed by atoms with Gasteiger partial charge in [0.05, 0.1) is 30.5 Å². The first-order valence-corrected chi connectivity index (χ1v) is 14.7. The van der Waals surface area contributed by atoms with Crippen LogP contribution in [0.1, 0.15) is 50.7 Å². The Balaban J connectivity index is 1.54. The third kappa shape index (κ3) is 3.46. The minimum absolute atomic E-state index is 0.000740. The van der Waals surface area contributed by atoms with Crippen LogP contribution in [0.25, 0.3) is 0 Å². The zero-order chi connectivity index (χ0) is 28.9. The number of nitriles is 1. The second-order valence-corrected chi connectivity index (χ2v) is 12.6. The number of thioether (sulfide) groups is 1. The molecule has 0 spiro atoms. The van der Waals surface area contributed by atoms with Crippen LogP contribution in [0, 0.1) is 25.2 Å². The maximum Gasteiger partial charge on any atom is 0.323 e. The number of rotatable bonds is 1. The van der Waals surface area contributed by atoms with E-state index in [1.807, 2.05) is 20.0 Å². The predicted octanol–water partition coefficient (Wildman–Crippen LogP) is 2.34. The minimum atomic E-state index is -0.857. The van der Waals surface area contributed by atoms with Gasteiger partial charge in [0.25, 0.3) is 0 Å². The lowest BCUT2D eigenvalue weighted by Crippen LogP contribution is -2.69. The quantitative estimate of drug-likeness (QED) is 0.425. The summed E-state index contributed by atoms with van der Waals surface area (Å²) in [7, 11) is 3.53. The van der Waals surface area contributed by atoms with E-state index in [4.69, 9.17) is 24.7 Å². The van der Waals surface area contributed by atoms with Crippen molar-refractivity contribution in [2.45, 2.75) is 61.8 Å². The lowest BCUT2D eigenvalue weighted by molar-refractivity contribution is -0.150. The van der Waals surface area contributed by atoms with Gasteiger partial charge in [-0.05, 0) is 38.4 Å². The summed E-state index contributed by atoms with van der Waals surface area (Å²) in [4.78, 5) is 17.1. The number of cyclic esters (lactones) is 1. The van der Waals surface area contributed by atoms with Gasteiger partial charge < -0.3 is 34.9 Å². The molecule has 12 heteroatoms. The van der Waals surface area contributed by atoms with Crippen LogP contribution in [0.5, 0.6) is 28.7 Å². The van der Waals surface area contributed by atoms with Crippen molar-refractivity contribution in [2.75, 3.05) is 33.3 Å². The Labute approximate surface area is 241 Å². The van der Waals surface area contributed by atoms with Gasteiger partial charge in [-0.2, -0.15) is 5.26 Å². The van der Waals surface area contributed by atoms with E-state index in [2.05, 4.69) is 15.9 Å². The number of phenolic OH excluding ortho intramolecular Hbond substituents is 2. The number of carbonyl (C=O) groups is 1. The number of methoxy groups -OCH3 is 1. The lowest BCUT2D eigenvalue weighted by atomic mass is 9.71. The minimum Gasteiger partial charge on any atom is -0.507 e. The number of likely N-dealkylation sites (N-methyl/N-ethyl adjacent to an activating group) is 1. The Bertz CT molecular complexity index is 1530. The summed E-state index contributed by atoms with van der Waals surface area (Å²) in [5, 5.41) is 33.7. The molecule has 7 rings (SSSR count). The first-order valence-electron chi connectivity index (χ1n) is 13.7. The average Bonchev–Trinajstić information content (AvgIpc) is 3.44. The van der Waals surface area contributed by atoms with Crippen molar-refractivity contribution in [2.24, 2.45) is 5.73 Å². The second-order valence-electron chi connectivity index (χ2n) is 11.4. The van der Waals surface area contributed by atoms with E-state index in [1.165, 1.54) is 11.8 Å². The van der Waals surface area contributed by atoms with E-state index >= 15 is 0 Å². The molecule has 0 aromatic heterocycles. The Morgan fingerprint density at radius 3 is 2.63 bits per heavy atom. The third-order valence-corrected chi connectivity index (χ3v) is 10.9. The summed E-state index contributed by atoms with van der Waals surface area (Å²) in [6, 6.07) is 1.56. The number of esters is 1. The maximum absolute atomic E-state index is 12.8. The highest BCUT2D eigenvalue weighted by Crippen LogP contribution is 2.63. The highest BCUT2D eigenvalue weighted by molar-refractivity contribution is 7.99. The number of hydrogen-bond donors (Lipinski definition) is 3. The molecule has 2 aromatic carbocycles. The molecule has 0 amide bonds. The van der Waals surface area contributed by atoms with Crippen molar-refractivity contribution in [1.82, 2.24) is 9.80 Å². The molecule has 5 aliphatic rings. The van der Waals surface area contributed by atoms with Gasteiger partial charge in [0, 0.05) is 40.1 Å². The van der Waals surface area contributed by atoms with Crippen LogP contribution in [0.15, 0.2) is 6.07 Å². The van der Waals surface area contributed by atoms with E-state index in [1.54, 1.807) is 14.0 Å². The highest BCUT2D eigenvalue weighted by atomic mass is 32.2. The second kappa shape index (κ2) is 9.32. The van der Waals surface area contributed by atoms with Gasteiger partial charge in [-0.15, -0.1) is 11.8 Å². The van der Waals surface area contributed by atoms with Crippen molar-refractivity contribution in [3.8, 4) is 34.8 Å². The fraction of sp³-hybridized carbons (Fsp3) is 0.517. The van der Waals surface area contributed by atoms with Crippen LogP contribution in [0.4, 0.5) is 0 Å². The van der Waals surface area contributed by atoms with Crippen LogP contribution < -0.4 is 19.9 Å². The molecule has 11 nitrogen and oxygen atoms in total. The molecule has 41 heavy (non-hydrogen) atoms. The number of nitrogens with two attached hydrogens (primary N) is 1. The topological polar surface area (TPSA) is 151 Å². The van der Waals surface area contributed by atoms with E-state index in [9.17, 15) is 20.3 Å². The number of nitrogens with zero attached hydrogens (tertiary/aromatic N) is 3. The molecular weight excluding hydrogens is 548 g/mol. The first-order chi connectivity index (χ1) is 19.7. The molecule has 0 radical (unpaired) electrons.